The Hall–Kier alpha value is -3.40. The second kappa shape index (κ2) is 8.09. The number of nitrogens with one attached hydrogen (secondary N) is 1. The molecule has 0 amide bonds. The van der Waals surface area contributed by atoms with Crippen LogP contribution in [0.25, 0.3) is 5.57 Å². The molecular formula is C24H23N3O. The lowest BCUT2D eigenvalue weighted by Crippen LogP contribution is -2.15. The Kier molecular flexibility index (Phi) is 5.20. The van der Waals surface area contributed by atoms with Crippen LogP contribution in [0.1, 0.15) is 47.1 Å². The van der Waals surface area contributed by atoms with Crippen LogP contribution in [-0.2, 0) is 6.42 Å². The van der Waals surface area contributed by atoms with Crippen LogP contribution in [0.5, 0.6) is 0 Å². The molecule has 1 N–H and O–H groups in total. The third-order valence-corrected chi connectivity index (χ3v) is 4.90. The molecule has 0 radical (unpaired) electrons. The number of aromatic amines is 1. The fourth-order valence-electron chi connectivity index (χ4n) is 3.43. The molecule has 0 saturated carbocycles. The van der Waals surface area contributed by atoms with Gasteiger partial charge in [-0.05, 0) is 30.2 Å². The Morgan fingerprint density at radius 1 is 1.11 bits per heavy atom. The Labute approximate surface area is 165 Å². The number of anilines is 1. The number of carbonyl (C=O) groups is 1. The van der Waals surface area contributed by atoms with Gasteiger partial charge in [0.15, 0.2) is 5.78 Å². The number of allylic oxidation sites excluding steroid dienone is 2. The van der Waals surface area contributed by atoms with Crippen molar-refractivity contribution in [2.75, 3.05) is 4.90 Å². The summed E-state index contributed by atoms with van der Waals surface area (Å²) in [7, 11) is 0. The molecule has 4 heteroatoms. The van der Waals surface area contributed by atoms with E-state index in [9.17, 15) is 4.79 Å². The summed E-state index contributed by atoms with van der Waals surface area (Å²) in [6.07, 6.45) is 8.33. The molecule has 0 aliphatic carbocycles. The summed E-state index contributed by atoms with van der Waals surface area (Å²) in [5.74, 6) is 0.148. The van der Waals surface area contributed by atoms with Gasteiger partial charge in [0.1, 0.15) is 0 Å². The third kappa shape index (κ3) is 3.81. The van der Waals surface area contributed by atoms with E-state index >= 15 is 0 Å². The van der Waals surface area contributed by atoms with Gasteiger partial charge in [-0.2, -0.15) is 5.10 Å². The van der Waals surface area contributed by atoms with Crippen molar-refractivity contribution in [3.8, 4) is 0 Å². The van der Waals surface area contributed by atoms with E-state index in [-0.39, 0.29) is 5.78 Å². The lowest BCUT2D eigenvalue weighted by Gasteiger charge is -2.23. The van der Waals surface area contributed by atoms with Gasteiger partial charge in [-0.3, -0.25) is 9.89 Å². The van der Waals surface area contributed by atoms with Crippen molar-refractivity contribution in [3.05, 3.63) is 102 Å². The Morgan fingerprint density at radius 2 is 1.89 bits per heavy atom. The minimum absolute atomic E-state index is 0.148. The van der Waals surface area contributed by atoms with Crippen LogP contribution >= 0.6 is 0 Å². The van der Waals surface area contributed by atoms with E-state index in [2.05, 4.69) is 40.7 Å². The Balaban J connectivity index is 1.59. The van der Waals surface area contributed by atoms with Crippen LogP contribution in [0.4, 0.5) is 5.69 Å². The van der Waals surface area contributed by atoms with Crippen molar-refractivity contribution in [3.63, 3.8) is 0 Å². The van der Waals surface area contributed by atoms with Crippen molar-refractivity contribution in [1.82, 2.24) is 10.2 Å². The lowest BCUT2D eigenvalue weighted by atomic mass is 10.0. The minimum Gasteiger partial charge on any atom is -0.323 e. The maximum atomic E-state index is 12.3. The Bertz CT molecular complexity index is 1030. The average molecular weight is 369 g/mol. The highest BCUT2D eigenvalue weighted by molar-refractivity contribution is 6.01. The highest BCUT2D eigenvalue weighted by Gasteiger charge is 2.16. The molecular weight excluding hydrogens is 346 g/mol. The predicted octanol–water partition coefficient (Wildman–Crippen LogP) is 5.36. The first-order valence-corrected chi connectivity index (χ1v) is 9.61. The van der Waals surface area contributed by atoms with Crippen LogP contribution in [0.3, 0.4) is 0 Å². The number of para-hydroxylation sites is 1. The molecule has 0 atom stereocenters. The number of hydrogen-bond donors (Lipinski definition) is 1. The van der Waals surface area contributed by atoms with Gasteiger partial charge in [-0.15, -0.1) is 0 Å². The number of benzene rings is 2. The highest BCUT2D eigenvalue weighted by Crippen LogP contribution is 2.29. The van der Waals surface area contributed by atoms with Gasteiger partial charge < -0.3 is 4.90 Å². The van der Waals surface area contributed by atoms with Gasteiger partial charge in [0.2, 0.25) is 0 Å². The quantitative estimate of drug-likeness (QED) is 0.595. The average Bonchev–Trinajstić information content (AvgIpc) is 3.22. The number of rotatable bonds is 6. The standard InChI is InChI=1S/C24H23N3O/c1-2-24(28)21-12-6-7-13-23(21)27-14-8-11-19(17-27)22-16-20(25-26-22)15-18-9-4-3-5-10-18/h3-10,12-14,16-17H,2,11,15H2,1H3,(H,25,26). The number of ketones is 1. The number of H-pyrrole nitrogens is 1. The number of hydrogen-bond acceptors (Lipinski definition) is 3. The van der Waals surface area contributed by atoms with Gasteiger partial charge in [0, 0.05) is 42.1 Å². The number of nitrogens with zero attached hydrogens (tertiary/aromatic N) is 2. The smallest absolute Gasteiger partial charge is 0.164 e. The number of Topliss-reactive ketones (excluding diaryl/α,β-unsaturated/α-hetero) is 1. The summed E-state index contributed by atoms with van der Waals surface area (Å²) < 4.78 is 0. The fraction of sp³-hybridized carbons (Fsp3) is 0.167. The molecule has 1 aromatic heterocycles. The van der Waals surface area contributed by atoms with Crippen molar-refractivity contribution in [2.45, 2.75) is 26.2 Å². The maximum Gasteiger partial charge on any atom is 0.164 e. The molecule has 1 aliphatic heterocycles. The van der Waals surface area contributed by atoms with Gasteiger partial charge in [-0.25, -0.2) is 0 Å². The largest absolute Gasteiger partial charge is 0.323 e. The zero-order valence-electron chi connectivity index (χ0n) is 15.9. The molecule has 4 rings (SSSR count). The number of aromatic nitrogens is 2. The van der Waals surface area contributed by atoms with Gasteiger partial charge in [0.25, 0.3) is 0 Å². The molecule has 4 nitrogen and oxygen atoms in total. The van der Waals surface area contributed by atoms with Gasteiger partial charge in [-0.1, -0.05) is 55.5 Å². The van der Waals surface area contributed by atoms with Crippen LogP contribution in [0.2, 0.25) is 0 Å². The molecule has 2 aromatic carbocycles. The van der Waals surface area contributed by atoms with Gasteiger partial charge in [0.05, 0.1) is 11.4 Å². The zero-order valence-corrected chi connectivity index (χ0v) is 15.9. The summed E-state index contributed by atoms with van der Waals surface area (Å²) in [6.45, 7) is 1.89. The topological polar surface area (TPSA) is 49.0 Å². The maximum absolute atomic E-state index is 12.3. The molecule has 140 valence electrons. The van der Waals surface area contributed by atoms with Crippen molar-refractivity contribution in [2.24, 2.45) is 0 Å². The zero-order chi connectivity index (χ0) is 19.3. The molecule has 0 fully saturated rings. The van der Waals surface area contributed by atoms with E-state index in [4.69, 9.17) is 0 Å². The first-order chi connectivity index (χ1) is 13.7. The van der Waals surface area contributed by atoms with E-state index in [0.717, 1.165) is 41.1 Å². The molecule has 2 heterocycles. The Morgan fingerprint density at radius 3 is 2.71 bits per heavy atom. The van der Waals surface area contributed by atoms with E-state index in [0.29, 0.717) is 6.42 Å². The predicted molar refractivity (Wildman–Crippen MR) is 113 cm³/mol. The molecule has 3 aromatic rings. The van der Waals surface area contributed by atoms with Crippen molar-refractivity contribution in [1.29, 1.82) is 0 Å². The fourth-order valence-corrected chi connectivity index (χ4v) is 3.43. The van der Waals surface area contributed by atoms with Crippen LogP contribution in [0, 0.1) is 0 Å². The van der Waals surface area contributed by atoms with E-state index in [1.54, 1.807) is 0 Å². The first-order valence-electron chi connectivity index (χ1n) is 9.61. The van der Waals surface area contributed by atoms with Gasteiger partial charge >= 0.3 is 0 Å². The van der Waals surface area contributed by atoms with E-state index in [1.165, 1.54) is 5.56 Å². The highest BCUT2D eigenvalue weighted by atomic mass is 16.1. The molecule has 0 spiro atoms. The summed E-state index contributed by atoms with van der Waals surface area (Å²) in [5.41, 5.74) is 6.06. The molecule has 28 heavy (non-hydrogen) atoms. The molecule has 0 bridgehead atoms. The summed E-state index contributed by atoms with van der Waals surface area (Å²) in [5, 5.41) is 7.67. The lowest BCUT2D eigenvalue weighted by molar-refractivity contribution is 0.0989. The van der Waals surface area contributed by atoms with Crippen LogP contribution < -0.4 is 4.90 Å². The van der Waals surface area contributed by atoms with Crippen molar-refractivity contribution >= 4 is 17.0 Å². The molecule has 1 aliphatic rings. The second-order valence-corrected chi connectivity index (χ2v) is 6.89. The van der Waals surface area contributed by atoms with Crippen molar-refractivity contribution < 1.29 is 4.79 Å². The minimum atomic E-state index is 0.148. The molecule has 0 unspecified atom stereocenters. The number of carbonyl (C=O) groups excluding carboxylic acids is 1. The van der Waals surface area contributed by atoms with E-state index < -0.39 is 0 Å². The normalized spacial score (nSPS) is 13.5. The second-order valence-electron chi connectivity index (χ2n) is 6.89. The third-order valence-electron chi connectivity index (χ3n) is 4.90. The monoisotopic (exact) mass is 369 g/mol. The van der Waals surface area contributed by atoms with Crippen LogP contribution in [-0.4, -0.2) is 16.0 Å². The first kappa shape index (κ1) is 18.0. The SMILES string of the molecule is CCC(=O)c1ccccc1N1C=CCC(c2cc(Cc3ccccc3)[nH]n2)=C1. The summed E-state index contributed by atoms with van der Waals surface area (Å²) in [6, 6.07) is 20.2. The van der Waals surface area contributed by atoms with Crippen LogP contribution in [0.15, 0.2) is 79.1 Å². The summed E-state index contributed by atoms with van der Waals surface area (Å²) in [4.78, 5) is 14.3. The molecule has 0 saturated heterocycles. The van der Waals surface area contributed by atoms with E-state index in [1.807, 2.05) is 60.5 Å². The summed E-state index contributed by atoms with van der Waals surface area (Å²) >= 11 is 0.